The van der Waals surface area contributed by atoms with E-state index < -0.39 is 5.91 Å². The van der Waals surface area contributed by atoms with Crippen LogP contribution in [0.2, 0.25) is 0 Å². The molecular weight excluding hydrogens is 278 g/mol. The van der Waals surface area contributed by atoms with E-state index in [9.17, 15) is 4.79 Å². The summed E-state index contributed by atoms with van der Waals surface area (Å²) in [5.74, 6) is 0.194. The van der Waals surface area contributed by atoms with E-state index in [1.54, 1.807) is 36.4 Å². The zero-order chi connectivity index (χ0) is 16.2. The largest absolute Gasteiger partial charge is 0.364 e. The molecule has 0 atom stereocenters. The highest BCUT2D eigenvalue weighted by Crippen LogP contribution is 2.15. The Hall–Kier alpha value is -2.94. The number of para-hydroxylation sites is 1. The Morgan fingerprint density at radius 1 is 1.14 bits per heavy atom. The van der Waals surface area contributed by atoms with E-state index in [4.69, 9.17) is 5.26 Å². The van der Waals surface area contributed by atoms with Crippen LogP contribution in [-0.4, -0.2) is 21.6 Å². The average Bonchev–Trinajstić information content (AvgIpc) is 2.47. The molecule has 6 nitrogen and oxygen atoms in total. The minimum Gasteiger partial charge on any atom is -0.364 e. The van der Waals surface area contributed by atoms with Crippen LogP contribution in [0.25, 0.3) is 0 Å². The number of nitrogens with one attached hydrogen (secondary N) is 2. The van der Waals surface area contributed by atoms with Crippen molar-refractivity contribution in [2.24, 2.45) is 0 Å². The number of amides is 1. The van der Waals surface area contributed by atoms with Gasteiger partial charge in [-0.25, -0.2) is 0 Å². The summed E-state index contributed by atoms with van der Waals surface area (Å²) in [5, 5.41) is 22.7. The van der Waals surface area contributed by atoms with Gasteiger partial charge in [0.1, 0.15) is 11.9 Å². The molecule has 2 N–H and O–H groups in total. The molecule has 2 aromatic rings. The van der Waals surface area contributed by atoms with E-state index in [1.165, 1.54) is 0 Å². The minimum absolute atomic E-state index is 0.135. The van der Waals surface area contributed by atoms with Crippen LogP contribution < -0.4 is 10.6 Å². The van der Waals surface area contributed by atoms with Crippen molar-refractivity contribution in [3.8, 4) is 6.07 Å². The predicted octanol–water partition coefficient (Wildman–Crippen LogP) is 2.81. The van der Waals surface area contributed by atoms with Gasteiger partial charge in [-0.15, -0.1) is 10.2 Å². The number of anilines is 2. The number of aromatic nitrogens is 2. The summed E-state index contributed by atoms with van der Waals surface area (Å²) in [6.07, 6.45) is 0. The Kier molecular flexibility index (Phi) is 4.37. The lowest BCUT2D eigenvalue weighted by atomic mass is 10.1. The topological polar surface area (TPSA) is 90.7 Å². The van der Waals surface area contributed by atoms with Crippen molar-refractivity contribution >= 4 is 17.4 Å². The lowest BCUT2D eigenvalue weighted by Crippen LogP contribution is -2.27. The Balaban J connectivity index is 2.12. The van der Waals surface area contributed by atoms with Gasteiger partial charge in [0.15, 0.2) is 5.69 Å². The van der Waals surface area contributed by atoms with Gasteiger partial charge in [-0.1, -0.05) is 12.1 Å². The van der Waals surface area contributed by atoms with Crippen LogP contribution in [0.5, 0.6) is 0 Å². The summed E-state index contributed by atoms with van der Waals surface area (Å²) in [6.45, 7) is 6.02. The monoisotopic (exact) mass is 295 g/mol. The third-order valence-electron chi connectivity index (χ3n) is 2.70. The second-order valence-electron chi connectivity index (χ2n) is 5.79. The molecule has 0 saturated carbocycles. The van der Waals surface area contributed by atoms with E-state index in [2.05, 4.69) is 20.8 Å². The van der Waals surface area contributed by atoms with Gasteiger partial charge in [0.2, 0.25) is 0 Å². The minimum atomic E-state index is -0.405. The molecule has 22 heavy (non-hydrogen) atoms. The molecule has 0 spiro atoms. The van der Waals surface area contributed by atoms with E-state index >= 15 is 0 Å². The van der Waals surface area contributed by atoms with Gasteiger partial charge in [-0.2, -0.15) is 5.26 Å². The lowest BCUT2D eigenvalue weighted by Gasteiger charge is -2.20. The number of rotatable bonds is 3. The van der Waals surface area contributed by atoms with Crippen molar-refractivity contribution < 1.29 is 4.79 Å². The van der Waals surface area contributed by atoms with E-state index in [0.717, 1.165) is 0 Å². The summed E-state index contributed by atoms with van der Waals surface area (Å²) in [4.78, 5) is 12.1. The summed E-state index contributed by atoms with van der Waals surface area (Å²) >= 11 is 0. The number of nitrogens with zero attached hydrogens (tertiary/aromatic N) is 3. The molecule has 1 aromatic carbocycles. The molecule has 0 unspecified atom stereocenters. The fraction of sp³-hybridized carbons (Fsp3) is 0.250. The fourth-order valence-electron chi connectivity index (χ4n) is 1.78. The highest BCUT2D eigenvalue weighted by molar-refractivity contribution is 6.03. The van der Waals surface area contributed by atoms with Crippen molar-refractivity contribution in [1.82, 2.24) is 10.2 Å². The Labute approximate surface area is 129 Å². The van der Waals surface area contributed by atoms with E-state index in [-0.39, 0.29) is 11.2 Å². The van der Waals surface area contributed by atoms with Gasteiger partial charge >= 0.3 is 0 Å². The Morgan fingerprint density at radius 2 is 1.86 bits per heavy atom. The second-order valence-corrected chi connectivity index (χ2v) is 5.79. The molecule has 1 heterocycles. The molecule has 2 rings (SSSR count). The molecule has 0 radical (unpaired) electrons. The highest BCUT2D eigenvalue weighted by atomic mass is 16.1. The quantitative estimate of drug-likeness (QED) is 0.908. The Morgan fingerprint density at radius 3 is 2.45 bits per heavy atom. The molecule has 112 valence electrons. The maximum absolute atomic E-state index is 12.1. The number of carbonyl (C=O) groups excluding carboxylic acids is 1. The van der Waals surface area contributed by atoms with Crippen LogP contribution in [0.3, 0.4) is 0 Å². The number of hydrogen-bond acceptors (Lipinski definition) is 5. The molecule has 0 aliphatic heterocycles. The van der Waals surface area contributed by atoms with Crippen molar-refractivity contribution in [3.05, 3.63) is 47.7 Å². The summed E-state index contributed by atoms with van der Waals surface area (Å²) < 4.78 is 0. The zero-order valence-electron chi connectivity index (χ0n) is 12.7. The second kappa shape index (κ2) is 6.22. The zero-order valence-corrected chi connectivity index (χ0v) is 12.7. The predicted molar refractivity (Wildman–Crippen MR) is 84.5 cm³/mol. The molecule has 0 aliphatic carbocycles. The fourth-order valence-corrected chi connectivity index (χ4v) is 1.78. The number of benzene rings is 1. The maximum atomic E-state index is 12.1. The maximum Gasteiger partial charge on any atom is 0.276 e. The van der Waals surface area contributed by atoms with Gasteiger partial charge < -0.3 is 10.6 Å². The van der Waals surface area contributed by atoms with Crippen LogP contribution in [0.4, 0.5) is 11.5 Å². The van der Waals surface area contributed by atoms with Crippen LogP contribution >= 0.6 is 0 Å². The van der Waals surface area contributed by atoms with E-state index in [1.807, 2.05) is 26.8 Å². The standard InChI is InChI=1S/C16H17N5O/c1-16(2,3)19-14-9-8-13(20-21-14)15(22)18-12-7-5-4-6-11(12)10-17/h4-9H,1-3H3,(H,18,22)(H,19,21). The third-order valence-corrected chi connectivity index (χ3v) is 2.70. The first-order valence-corrected chi connectivity index (χ1v) is 6.81. The molecule has 1 amide bonds. The van der Waals surface area contributed by atoms with Gasteiger partial charge in [0, 0.05) is 5.54 Å². The first-order chi connectivity index (χ1) is 10.4. The van der Waals surface area contributed by atoms with Crippen LogP contribution in [0.15, 0.2) is 36.4 Å². The van der Waals surface area contributed by atoms with E-state index in [0.29, 0.717) is 17.1 Å². The highest BCUT2D eigenvalue weighted by Gasteiger charge is 2.13. The molecule has 0 aliphatic rings. The number of hydrogen-bond donors (Lipinski definition) is 2. The number of carbonyl (C=O) groups is 1. The average molecular weight is 295 g/mol. The smallest absolute Gasteiger partial charge is 0.276 e. The number of nitriles is 1. The van der Waals surface area contributed by atoms with Gasteiger partial charge in [-0.3, -0.25) is 4.79 Å². The van der Waals surface area contributed by atoms with Gasteiger partial charge in [0.25, 0.3) is 5.91 Å². The molecule has 6 heteroatoms. The molecular formula is C16H17N5O. The Bertz CT molecular complexity index is 711. The van der Waals surface area contributed by atoms with Gasteiger partial charge in [-0.05, 0) is 45.0 Å². The summed E-state index contributed by atoms with van der Waals surface area (Å²) in [6, 6.07) is 12.1. The molecule has 0 bridgehead atoms. The normalized spacial score (nSPS) is 10.6. The molecule has 0 saturated heterocycles. The SMILES string of the molecule is CC(C)(C)Nc1ccc(C(=O)Nc2ccccc2C#N)nn1. The molecule has 0 fully saturated rings. The van der Waals surface area contributed by atoms with Crippen LogP contribution in [-0.2, 0) is 0 Å². The summed E-state index contributed by atoms with van der Waals surface area (Å²) in [7, 11) is 0. The van der Waals surface area contributed by atoms with Crippen molar-refractivity contribution in [3.63, 3.8) is 0 Å². The van der Waals surface area contributed by atoms with Crippen LogP contribution in [0, 0.1) is 11.3 Å². The van der Waals surface area contributed by atoms with Gasteiger partial charge in [0.05, 0.1) is 11.3 Å². The first kappa shape index (κ1) is 15.4. The first-order valence-electron chi connectivity index (χ1n) is 6.81. The summed E-state index contributed by atoms with van der Waals surface area (Å²) in [5.41, 5.74) is 0.903. The van der Waals surface area contributed by atoms with Crippen molar-refractivity contribution in [1.29, 1.82) is 5.26 Å². The molecule has 1 aromatic heterocycles. The van der Waals surface area contributed by atoms with Crippen molar-refractivity contribution in [2.75, 3.05) is 10.6 Å². The van der Waals surface area contributed by atoms with Crippen LogP contribution in [0.1, 0.15) is 36.8 Å². The van der Waals surface area contributed by atoms with Crippen molar-refractivity contribution in [2.45, 2.75) is 26.3 Å². The third kappa shape index (κ3) is 4.03. The lowest BCUT2D eigenvalue weighted by molar-refractivity contribution is 0.102.